The number of anilines is 2. The van der Waals surface area contributed by atoms with Crippen LogP contribution in [0.1, 0.15) is 13.8 Å². The molecule has 0 unspecified atom stereocenters. The van der Waals surface area contributed by atoms with E-state index in [1.165, 1.54) is 18.7 Å². The van der Waals surface area contributed by atoms with Crippen LogP contribution in [0.15, 0.2) is 53.7 Å². The lowest BCUT2D eigenvalue weighted by Crippen LogP contribution is -2.23. The van der Waals surface area contributed by atoms with Gasteiger partial charge in [-0.15, -0.1) is 5.10 Å². The van der Waals surface area contributed by atoms with E-state index < -0.39 is 5.25 Å². The number of carbonyl (C=O) groups excluding carboxylic acids is 2. The highest BCUT2D eigenvalue weighted by atomic mass is 35.5. The van der Waals surface area contributed by atoms with Gasteiger partial charge in [0.1, 0.15) is 0 Å². The number of nitrogens with zero attached hydrogens (tertiary/aromatic N) is 4. The third kappa shape index (κ3) is 5.08. The molecule has 0 fully saturated rings. The first kappa shape index (κ1) is 19.8. The average Bonchev–Trinajstić information content (AvgIpc) is 3.11. The first-order chi connectivity index (χ1) is 13.4. The Bertz CT molecular complexity index is 975. The molecule has 0 saturated carbocycles. The first-order valence-corrected chi connectivity index (χ1v) is 9.57. The number of amides is 2. The van der Waals surface area contributed by atoms with E-state index in [-0.39, 0.29) is 11.8 Å². The normalized spacial score (nSPS) is 11.7. The lowest BCUT2D eigenvalue weighted by Gasteiger charge is -2.12. The second kappa shape index (κ2) is 8.85. The van der Waals surface area contributed by atoms with E-state index in [1.807, 2.05) is 0 Å². The molecule has 0 aliphatic carbocycles. The van der Waals surface area contributed by atoms with Gasteiger partial charge in [-0.05, 0) is 65.9 Å². The van der Waals surface area contributed by atoms with Crippen LogP contribution in [-0.2, 0) is 9.59 Å². The number of rotatable bonds is 6. The second-order valence-electron chi connectivity index (χ2n) is 5.86. The minimum Gasteiger partial charge on any atom is -0.326 e. The summed E-state index contributed by atoms with van der Waals surface area (Å²) in [6.45, 7) is 3.21. The minimum atomic E-state index is -0.438. The van der Waals surface area contributed by atoms with Crippen molar-refractivity contribution >= 4 is 46.6 Å². The highest BCUT2D eigenvalue weighted by Gasteiger charge is 2.19. The number of tetrazole rings is 1. The lowest BCUT2D eigenvalue weighted by molar-refractivity contribution is -0.115. The Morgan fingerprint density at radius 1 is 1.04 bits per heavy atom. The summed E-state index contributed by atoms with van der Waals surface area (Å²) in [6, 6.07) is 14.0. The number of hydrogen-bond donors (Lipinski definition) is 2. The zero-order valence-electron chi connectivity index (χ0n) is 15.1. The fourth-order valence-corrected chi connectivity index (χ4v) is 3.23. The van der Waals surface area contributed by atoms with Crippen LogP contribution in [0.5, 0.6) is 0 Å². The van der Waals surface area contributed by atoms with Crippen molar-refractivity contribution in [3.05, 3.63) is 53.6 Å². The monoisotopic (exact) mass is 416 g/mol. The molecule has 0 bridgehead atoms. The van der Waals surface area contributed by atoms with E-state index in [0.29, 0.717) is 21.6 Å². The van der Waals surface area contributed by atoms with Crippen LogP contribution in [-0.4, -0.2) is 37.3 Å². The van der Waals surface area contributed by atoms with Crippen LogP contribution in [0.3, 0.4) is 0 Å². The molecule has 3 rings (SSSR count). The predicted octanol–water partition coefficient (Wildman–Crippen LogP) is 3.39. The Morgan fingerprint density at radius 2 is 1.64 bits per heavy atom. The largest absolute Gasteiger partial charge is 0.326 e. The SMILES string of the molecule is CC(=O)Nc1ccc(NC(=O)[C@H](C)Sc2nnnn2-c2ccc(Cl)cc2)cc1. The second-order valence-corrected chi connectivity index (χ2v) is 7.60. The van der Waals surface area contributed by atoms with Gasteiger partial charge in [-0.2, -0.15) is 4.68 Å². The number of hydrogen-bond acceptors (Lipinski definition) is 6. The number of halogens is 1. The standard InChI is InChI=1S/C18H17ClN6O2S/c1-11(17(27)21-15-7-5-14(6-8-15)20-12(2)26)28-18-22-23-24-25(18)16-9-3-13(19)4-10-16/h3-11H,1-2H3,(H,20,26)(H,21,27)/t11-/m0/s1. The Morgan fingerprint density at radius 3 is 2.25 bits per heavy atom. The maximum absolute atomic E-state index is 12.5. The summed E-state index contributed by atoms with van der Waals surface area (Å²) in [5, 5.41) is 17.8. The van der Waals surface area contributed by atoms with Crippen molar-refractivity contribution in [1.82, 2.24) is 20.2 Å². The highest BCUT2D eigenvalue weighted by molar-refractivity contribution is 8.00. The topological polar surface area (TPSA) is 102 Å². The molecule has 0 aliphatic heterocycles. The van der Waals surface area contributed by atoms with Crippen molar-refractivity contribution in [2.75, 3.05) is 10.6 Å². The van der Waals surface area contributed by atoms with Gasteiger partial charge in [0, 0.05) is 23.3 Å². The molecular weight excluding hydrogens is 400 g/mol. The number of thioether (sulfide) groups is 1. The predicted molar refractivity (Wildman–Crippen MR) is 109 cm³/mol. The first-order valence-electron chi connectivity index (χ1n) is 8.32. The molecule has 3 aromatic rings. The molecular formula is C18H17ClN6O2S. The van der Waals surface area contributed by atoms with Crippen molar-refractivity contribution in [2.24, 2.45) is 0 Å². The molecule has 1 aromatic heterocycles. The van der Waals surface area contributed by atoms with Gasteiger partial charge in [0.2, 0.25) is 17.0 Å². The van der Waals surface area contributed by atoms with Crippen LogP contribution < -0.4 is 10.6 Å². The van der Waals surface area contributed by atoms with Gasteiger partial charge in [-0.1, -0.05) is 23.4 Å². The summed E-state index contributed by atoms with van der Waals surface area (Å²) in [7, 11) is 0. The summed E-state index contributed by atoms with van der Waals surface area (Å²) in [6.07, 6.45) is 0. The Hall–Kier alpha value is -2.91. The lowest BCUT2D eigenvalue weighted by atomic mass is 10.2. The zero-order valence-corrected chi connectivity index (χ0v) is 16.7. The van der Waals surface area contributed by atoms with Crippen molar-refractivity contribution < 1.29 is 9.59 Å². The molecule has 0 saturated heterocycles. The van der Waals surface area contributed by atoms with E-state index in [2.05, 4.69) is 26.2 Å². The zero-order chi connectivity index (χ0) is 20.1. The Labute approximate surface area is 170 Å². The van der Waals surface area contributed by atoms with E-state index in [9.17, 15) is 9.59 Å². The maximum Gasteiger partial charge on any atom is 0.237 e. The molecule has 144 valence electrons. The average molecular weight is 417 g/mol. The molecule has 0 spiro atoms. The Balaban J connectivity index is 1.64. The van der Waals surface area contributed by atoms with Gasteiger partial charge < -0.3 is 10.6 Å². The number of benzene rings is 2. The molecule has 1 heterocycles. The smallest absolute Gasteiger partial charge is 0.237 e. The van der Waals surface area contributed by atoms with Crippen molar-refractivity contribution in [2.45, 2.75) is 24.3 Å². The van der Waals surface area contributed by atoms with Crippen LogP contribution in [0.25, 0.3) is 5.69 Å². The van der Waals surface area contributed by atoms with Gasteiger partial charge in [-0.3, -0.25) is 9.59 Å². The van der Waals surface area contributed by atoms with E-state index in [1.54, 1.807) is 60.1 Å². The van der Waals surface area contributed by atoms with Crippen LogP contribution in [0.2, 0.25) is 5.02 Å². The summed E-state index contributed by atoms with van der Waals surface area (Å²) in [4.78, 5) is 23.6. The van der Waals surface area contributed by atoms with E-state index in [0.717, 1.165) is 5.69 Å². The minimum absolute atomic E-state index is 0.153. The van der Waals surface area contributed by atoms with Crippen molar-refractivity contribution in [3.8, 4) is 5.69 Å². The Kier molecular flexibility index (Phi) is 6.27. The van der Waals surface area contributed by atoms with Gasteiger partial charge in [0.25, 0.3) is 0 Å². The van der Waals surface area contributed by atoms with Gasteiger partial charge >= 0.3 is 0 Å². The molecule has 28 heavy (non-hydrogen) atoms. The van der Waals surface area contributed by atoms with E-state index in [4.69, 9.17) is 11.6 Å². The fourth-order valence-electron chi connectivity index (χ4n) is 2.29. The molecule has 10 heteroatoms. The highest BCUT2D eigenvalue weighted by Crippen LogP contribution is 2.24. The third-order valence-corrected chi connectivity index (χ3v) is 4.92. The molecule has 2 N–H and O–H groups in total. The molecule has 1 atom stereocenters. The van der Waals surface area contributed by atoms with Crippen LogP contribution >= 0.6 is 23.4 Å². The van der Waals surface area contributed by atoms with Crippen molar-refractivity contribution in [1.29, 1.82) is 0 Å². The number of carbonyl (C=O) groups is 2. The maximum atomic E-state index is 12.5. The summed E-state index contributed by atoms with van der Waals surface area (Å²) in [5.74, 6) is -0.344. The fraction of sp³-hybridized carbons (Fsp3) is 0.167. The molecule has 2 amide bonds. The van der Waals surface area contributed by atoms with Gasteiger partial charge in [-0.25, -0.2) is 0 Å². The number of aromatic nitrogens is 4. The number of nitrogens with one attached hydrogen (secondary N) is 2. The van der Waals surface area contributed by atoms with Crippen LogP contribution in [0.4, 0.5) is 11.4 Å². The third-order valence-electron chi connectivity index (χ3n) is 3.64. The molecule has 0 aliphatic rings. The molecule has 2 aromatic carbocycles. The quantitative estimate of drug-likeness (QED) is 0.597. The summed E-state index contributed by atoms with van der Waals surface area (Å²) in [5.41, 5.74) is 2.04. The van der Waals surface area contributed by atoms with Crippen molar-refractivity contribution in [3.63, 3.8) is 0 Å². The molecule has 8 nitrogen and oxygen atoms in total. The van der Waals surface area contributed by atoms with Gasteiger partial charge in [0.15, 0.2) is 0 Å². The van der Waals surface area contributed by atoms with E-state index >= 15 is 0 Å². The molecule has 0 radical (unpaired) electrons. The van der Waals surface area contributed by atoms with Gasteiger partial charge in [0.05, 0.1) is 10.9 Å². The van der Waals surface area contributed by atoms with Crippen LogP contribution in [0, 0.1) is 0 Å². The summed E-state index contributed by atoms with van der Waals surface area (Å²) < 4.78 is 1.55. The summed E-state index contributed by atoms with van der Waals surface area (Å²) >= 11 is 7.15.